The zero-order valence-electron chi connectivity index (χ0n) is 9.67. The van der Waals surface area contributed by atoms with Gasteiger partial charge in [-0.25, -0.2) is 0 Å². The van der Waals surface area contributed by atoms with Crippen molar-refractivity contribution in [3.8, 4) is 5.69 Å². The summed E-state index contributed by atoms with van der Waals surface area (Å²) < 4.78 is 7.59. The maximum absolute atomic E-state index is 6.03. The summed E-state index contributed by atoms with van der Waals surface area (Å²) in [6.45, 7) is 1.88. The molecule has 0 amide bonds. The second kappa shape index (κ2) is 4.64. The minimum Gasteiger partial charge on any atom is -0.261 e. The van der Waals surface area contributed by atoms with Gasteiger partial charge in [-0.15, -0.1) is 0 Å². The Morgan fingerprint density at radius 1 is 1.00 bits per heavy atom. The molecule has 0 radical (unpaired) electrons. The number of halogens is 1. The maximum atomic E-state index is 6.03. The van der Waals surface area contributed by atoms with E-state index < -0.39 is 0 Å². The summed E-state index contributed by atoms with van der Waals surface area (Å²) in [4.78, 5) is 0. The van der Waals surface area contributed by atoms with E-state index >= 15 is 0 Å². The first-order valence-electron chi connectivity index (χ1n) is 5.87. The lowest BCUT2D eigenvalue weighted by Gasteiger charge is -2.15. The van der Waals surface area contributed by atoms with Crippen LogP contribution in [0.25, 0.3) is 5.69 Å². The summed E-state index contributed by atoms with van der Waals surface area (Å²) in [6, 6.07) is 7.63. The Hall–Kier alpha value is -0.910. The summed E-state index contributed by atoms with van der Waals surface area (Å²) in [5.41, 5.74) is 0.937. The smallest absolute Gasteiger partial charge is 0.201 e. The fourth-order valence-corrected chi connectivity index (χ4v) is 3.32. The highest BCUT2D eigenvalue weighted by Gasteiger charge is 2.14. The second-order valence-corrected chi connectivity index (χ2v) is 5.50. The number of aromatic nitrogens is 3. The number of hydrogen-bond donors (Lipinski definition) is 0. The summed E-state index contributed by atoms with van der Waals surface area (Å²) in [7, 11) is 0. The Balaban J connectivity index is 2.28. The van der Waals surface area contributed by atoms with Crippen LogP contribution >= 0.6 is 36.0 Å². The first kappa shape index (κ1) is 12.1. The van der Waals surface area contributed by atoms with Crippen molar-refractivity contribution in [1.29, 1.82) is 0 Å². The molecule has 0 unspecified atom stereocenters. The first-order chi connectivity index (χ1) is 8.68. The van der Waals surface area contributed by atoms with Gasteiger partial charge in [0, 0.05) is 18.1 Å². The Morgan fingerprint density at radius 3 is 2.17 bits per heavy atom. The van der Waals surface area contributed by atoms with Gasteiger partial charge in [-0.05, 0) is 55.5 Å². The summed E-state index contributed by atoms with van der Waals surface area (Å²) in [5, 5.41) is 0.693. The molecule has 0 spiro atoms. The Kier molecular flexibility index (Phi) is 3.13. The molecule has 3 nitrogen and oxygen atoms in total. The highest BCUT2D eigenvalue weighted by Crippen LogP contribution is 2.19. The van der Waals surface area contributed by atoms with Crippen LogP contribution in [-0.2, 0) is 13.1 Å². The van der Waals surface area contributed by atoms with E-state index in [4.69, 9.17) is 36.0 Å². The van der Waals surface area contributed by atoms with Gasteiger partial charge in [-0.3, -0.25) is 13.9 Å². The maximum Gasteiger partial charge on any atom is 0.201 e. The predicted molar refractivity (Wildman–Crippen MR) is 77.7 cm³/mol. The first-order valence-corrected chi connectivity index (χ1v) is 7.06. The largest absolute Gasteiger partial charge is 0.261 e. The number of benzene rings is 1. The summed E-state index contributed by atoms with van der Waals surface area (Å²) in [5.74, 6) is 0. The summed E-state index contributed by atoms with van der Waals surface area (Å²) >= 11 is 17.1. The van der Waals surface area contributed by atoms with Gasteiger partial charge >= 0.3 is 0 Å². The predicted octanol–water partition coefficient (Wildman–Crippen LogP) is 3.99. The SMILES string of the molecule is S=c1n(-c2cccc(Cl)c2)c(=S)n2n1CCCC2. The third kappa shape index (κ3) is 1.86. The van der Waals surface area contributed by atoms with Crippen molar-refractivity contribution in [2.75, 3.05) is 0 Å². The van der Waals surface area contributed by atoms with Crippen LogP contribution in [0.5, 0.6) is 0 Å². The van der Waals surface area contributed by atoms with Gasteiger partial charge < -0.3 is 0 Å². The molecule has 1 aromatic carbocycles. The molecule has 6 heteroatoms. The molecule has 2 aromatic rings. The van der Waals surface area contributed by atoms with Crippen LogP contribution in [0.1, 0.15) is 12.8 Å². The lowest BCUT2D eigenvalue weighted by Crippen LogP contribution is -2.18. The van der Waals surface area contributed by atoms with Crippen LogP contribution < -0.4 is 0 Å². The van der Waals surface area contributed by atoms with Gasteiger partial charge in [-0.2, -0.15) is 0 Å². The minimum atomic E-state index is 0.693. The van der Waals surface area contributed by atoms with E-state index in [-0.39, 0.29) is 0 Å². The molecule has 0 saturated heterocycles. The molecule has 3 rings (SSSR count). The zero-order valence-corrected chi connectivity index (χ0v) is 12.1. The third-order valence-electron chi connectivity index (χ3n) is 3.17. The van der Waals surface area contributed by atoms with Crippen LogP contribution in [-0.4, -0.2) is 13.9 Å². The molecule has 1 aromatic heterocycles. The molecule has 0 saturated carbocycles. The fraction of sp³-hybridized carbons (Fsp3) is 0.333. The highest BCUT2D eigenvalue weighted by atomic mass is 35.5. The summed E-state index contributed by atoms with van der Waals surface area (Å²) in [6.07, 6.45) is 2.31. The monoisotopic (exact) mass is 297 g/mol. The molecule has 0 fully saturated rings. The van der Waals surface area contributed by atoms with Gasteiger partial charge in [-0.1, -0.05) is 17.7 Å². The fourth-order valence-electron chi connectivity index (χ4n) is 2.31. The molecular weight excluding hydrogens is 286 g/mol. The van der Waals surface area contributed by atoms with Crippen LogP contribution in [0, 0.1) is 9.54 Å². The third-order valence-corrected chi connectivity index (χ3v) is 4.19. The highest BCUT2D eigenvalue weighted by molar-refractivity contribution is 7.72. The average Bonchev–Trinajstić information content (AvgIpc) is 2.63. The number of fused-ring (bicyclic) bond motifs is 1. The quantitative estimate of drug-likeness (QED) is 0.739. The average molecular weight is 298 g/mol. The van der Waals surface area contributed by atoms with E-state index in [1.165, 1.54) is 0 Å². The molecule has 1 aliphatic heterocycles. The minimum absolute atomic E-state index is 0.693. The van der Waals surface area contributed by atoms with Crippen LogP contribution in [0.15, 0.2) is 24.3 Å². The van der Waals surface area contributed by atoms with Crippen LogP contribution in [0.2, 0.25) is 5.02 Å². The van der Waals surface area contributed by atoms with Crippen molar-refractivity contribution < 1.29 is 0 Å². The van der Waals surface area contributed by atoms with E-state index in [2.05, 4.69) is 9.36 Å². The molecule has 0 aliphatic carbocycles. The van der Waals surface area contributed by atoms with Gasteiger partial charge in [0.25, 0.3) is 0 Å². The lowest BCUT2D eigenvalue weighted by molar-refractivity contribution is 0.357. The molecular formula is C12H12ClN3S2. The zero-order chi connectivity index (χ0) is 12.7. The van der Waals surface area contributed by atoms with Crippen molar-refractivity contribution in [2.24, 2.45) is 0 Å². The van der Waals surface area contributed by atoms with Crippen molar-refractivity contribution in [1.82, 2.24) is 13.9 Å². The topological polar surface area (TPSA) is 14.8 Å². The second-order valence-electron chi connectivity index (χ2n) is 4.33. The molecule has 2 heterocycles. The number of hydrogen-bond acceptors (Lipinski definition) is 2. The van der Waals surface area contributed by atoms with E-state index in [1.54, 1.807) is 0 Å². The molecule has 0 atom stereocenters. The Morgan fingerprint density at radius 2 is 1.61 bits per heavy atom. The molecule has 18 heavy (non-hydrogen) atoms. The van der Waals surface area contributed by atoms with Crippen molar-refractivity contribution in [3.63, 3.8) is 0 Å². The molecule has 1 aliphatic rings. The van der Waals surface area contributed by atoms with E-state index in [0.29, 0.717) is 5.02 Å². The van der Waals surface area contributed by atoms with E-state index in [0.717, 1.165) is 41.2 Å². The molecule has 0 N–H and O–H groups in total. The normalized spacial score (nSPS) is 14.5. The van der Waals surface area contributed by atoms with Crippen LogP contribution in [0.3, 0.4) is 0 Å². The lowest BCUT2D eigenvalue weighted by atomic mass is 10.3. The van der Waals surface area contributed by atoms with Gasteiger partial charge in [0.1, 0.15) is 0 Å². The number of nitrogens with zero attached hydrogens (tertiary/aromatic N) is 3. The molecule has 0 bridgehead atoms. The van der Waals surface area contributed by atoms with Crippen molar-refractivity contribution in [2.45, 2.75) is 25.9 Å². The standard InChI is InChI=1S/C12H12ClN3S2/c13-9-4-3-5-10(8-9)16-11(17)14-6-1-2-7-15(14)12(16)18/h3-5,8H,1-2,6-7H2. The van der Waals surface area contributed by atoms with Gasteiger partial charge in [0.2, 0.25) is 9.54 Å². The number of rotatable bonds is 1. The van der Waals surface area contributed by atoms with Crippen molar-refractivity contribution in [3.05, 3.63) is 38.8 Å². The van der Waals surface area contributed by atoms with E-state index in [1.807, 2.05) is 28.8 Å². The van der Waals surface area contributed by atoms with Crippen molar-refractivity contribution >= 4 is 36.0 Å². The Labute approximate surface area is 120 Å². The Bertz CT molecular complexity index is 673. The van der Waals surface area contributed by atoms with Crippen LogP contribution in [0.4, 0.5) is 0 Å². The van der Waals surface area contributed by atoms with Gasteiger partial charge in [0.15, 0.2) is 0 Å². The molecule has 94 valence electrons. The van der Waals surface area contributed by atoms with E-state index in [9.17, 15) is 0 Å². The van der Waals surface area contributed by atoms with Gasteiger partial charge in [0.05, 0.1) is 5.69 Å².